The zero-order valence-corrected chi connectivity index (χ0v) is 16.0. The second-order valence-electron chi connectivity index (χ2n) is 6.62. The molecular formula is C20H27N3OS. The lowest BCUT2D eigenvalue weighted by molar-refractivity contribution is -0.137. The summed E-state index contributed by atoms with van der Waals surface area (Å²) in [7, 11) is 0. The van der Waals surface area contributed by atoms with E-state index < -0.39 is 0 Å². The van der Waals surface area contributed by atoms with Gasteiger partial charge < -0.3 is 4.90 Å². The highest BCUT2D eigenvalue weighted by atomic mass is 32.1. The van der Waals surface area contributed by atoms with Gasteiger partial charge in [-0.2, -0.15) is 0 Å². The van der Waals surface area contributed by atoms with Crippen molar-refractivity contribution in [1.29, 1.82) is 0 Å². The lowest BCUT2D eigenvalue weighted by atomic mass is 10.0. The van der Waals surface area contributed by atoms with Crippen molar-refractivity contribution >= 4 is 17.2 Å². The average Bonchev–Trinajstić information content (AvgIpc) is 3.12. The van der Waals surface area contributed by atoms with Gasteiger partial charge in [-0.3, -0.25) is 9.69 Å². The lowest BCUT2D eigenvalue weighted by Crippen LogP contribution is -2.49. The van der Waals surface area contributed by atoms with Crippen LogP contribution in [0.4, 0.5) is 0 Å². The zero-order chi connectivity index (χ0) is 17.6. The van der Waals surface area contributed by atoms with Gasteiger partial charge >= 0.3 is 0 Å². The molecule has 0 saturated carbocycles. The minimum absolute atomic E-state index is 0.193. The summed E-state index contributed by atoms with van der Waals surface area (Å²) in [6.07, 6.45) is 1.88. The van der Waals surface area contributed by atoms with E-state index in [1.165, 1.54) is 5.56 Å². The molecule has 2 heterocycles. The summed E-state index contributed by atoms with van der Waals surface area (Å²) >= 11 is 1.70. The van der Waals surface area contributed by atoms with Crippen molar-refractivity contribution in [3.05, 3.63) is 41.4 Å². The molecule has 1 saturated heterocycles. The molecule has 0 bridgehead atoms. The first-order chi connectivity index (χ1) is 12.2. The van der Waals surface area contributed by atoms with Gasteiger partial charge in [-0.15, -0.1) is 11.3 Å². The molecule has 1 fully saturated rings. The number of amides is 1. The maximum atomic E-state index is 12.5. The molecule has 0 unspecified atom stereocenters. The van der Waals surface area contributed by atoms with Crippen LogP contribution in [-0.2, 0) is 11.3 Å². The minimum Gasteiger partial charge on any atom is -0.340 e. The van der Waals surface area contributed by atoms with Crippen molar-refractivity contribution in [1.82, 2.24) is 14.8 Å². The van der Waals surface area contributed by atoms with Crippen LogP contribution in [0.5, 0.6) is 0 Å². The van der Waals surface area contributed by atoms with Gasteiger partial charge in [0.1, 0.15) is 5.01 Å². The number of benzene rings is 1. The van der Waals surface area contributed by atoms with Gasteiger partial charge in [0.25, 0.3) is 0 Å². The highest BCUT2D eigenvalue weighted by Gasteiger charge is 2.25. The fourth-order valence-corrected chi connectivity index (χ4v) is 4.16. The monoisotopic (exact) mass is 357 g/mol. The molecule has 1 aromatic carbocycles. The summed E-state index contributed by atoms with van der Waals surface area (Å²) < 4.78 is 0. The van der Waals surface area contributed by atoms with Crippen LogP contribution in [0.25, 0.3) is 10.6 Å². The molecule has 0 atom stereocenters. The summed E-state index contributed by atoms with van der Waals surface area (Å²) in [6, 6.07) is 10.3. The topological polar surface area (TPSA) is 36.4 Å². The van der Waals surface area contributed by atoms with E-state index in [0.29, 0.717) is 5.91 Å². The average molecular weight is 358 g/mol. The van der Waals surface area contributed by atoms with Gasteiger partial charge in [-0.25, -0.2) is 4.98 Å². The fraction of sp³-hybridized carbons (Fsp3) is 0.500. The molecule has 0 spiro atoms. The van der Waals surface area contributed by atoms with Crippen LogP contribution in [0.3, 0.4) is 0 Å². The smallest absolute Gasteiger partial charge is 0.225 e. The molecule has 1 aliphatic rings. The molecule has 0 radical (unpaired) electrons. The maximum Gasteiger partial charge on any atom is 0.225 e. The number of nitrogens with zero attached hydrogens (tertiary/aromatic N) is 3. The van der Waals surface area contributed by atoms with E-state index in [1.54, 1.807) is 11.3 Å². The molecule has 2 aromatic rings. The van der Waals surface area contributed by atoms with Crippen molar-refractivity contribution in [2.75, 3.05) is 26.2 Å². The summed E-state index contributed by atoms with van der Waals surface area (Å²) in [5, 5.41) is 3.24. The molecule has 1 aromatic heterocycles. The molecular weight excluding hydrogens is 330 g/mol. The quantitative estimate of drug-likeness (QED) is 0.787. The predicted octanol–water partition coefficient (Wildman–Crippen LogP) is 3.89. The Balaban J connectivity index is 1.53. The SMILES string of the molecule is CCC(CC)C(=O)N1CCN(Cc2csc(-c3ccccc3)n2)CC1. The Morgan fingerprint density at radius 1 is 1.12 bits per heavy atom. The normalized spacial score (nSPS) is 15.7. The van der Waals surface area contributed by atoms with Crippen LogP contribution in [0, 0.1) is 5.92 Å². The molecule has 134 valence electrons. The third kappa shape index (κ3) is 4.47. The first-order valence-electron chi connectivity index (χ1n) is 9.22. The van der Waals surface area contributed by atoms with Crippen molar-refractivity contribution in [3.8, 4) is 10.6 Å². The minimum atomic E-state index is 0.193. The largest absolute Gasteiger partial charge is 0.340 e. The number of carbonyl (C=O) groups is 1. The Kier molecular flexibility index (Phi) is 6.21. The lowest BCUT2D eigenvalue weighted by Gasteiger charge is -2.36. The zero-order valence-electron chi connectivity index (χ0n) is 15.1. The van der Waals surface area contributed by atoms with Gasteiger partial charge in [-0.1, -0.05) is 44.2 Å². The highest BCUT2D eigenvalue weighted by molar-refractivity contribution is 7.13. The molecule has 1 aliphatic heterocycles. The Morgan fingerprint density at radius 2 is 1.80 bits per heavy atom. The summed E-state index contributed by atoms with van der Waals surface area (Å²) in [5.74, 6) is 0.531. The Labute approximate surface area is 154 Å². The van der Waals surface area contributed by atoms with Gasteiger partial charge in [-0.05, 0) is 12.8 Å². The first kappa shape index (κ1) is 18.1. The van der Waals surface area contributed by atoms with Crippen LogP contribution in [0.15, 0.2) is 35.7 Å². The number of hydrogen-bond acceptors (Lipinski definition) is 4. The van der Waals surface area contributed by atoms with E-state index in [4.69, 9.17) is 4.98 Å². The van der Waals surface area contributed by atoms with Gasteiger partial charge in [0.05, 0.1) is 5.69 Å². The van der Waals surface area contributed by atoms with E-state index in [1.807, 2.05) is 23.1 Å². The molecule has 25 heavy (non-hydrogen) atoms. The summed E-state index contributed by atoms with van der Waals surface area (Å²) in [6.45, 7) is 8.63. The Morgan fingerprint density at radius 3 is 2.44 bits per heavy atom. The summed E-state index contributed by atoms with van der Waals surface area (Å²) in [5.41, 5.74) is 2.31. The molecule has 5 heteroatoms. The third-order valence-electron chi connectivity index (χ3n) is 4.98. The molecule has 1 amide bonds. The Bertz CT molecular complexity index is 673. The van der Waals surface area contributed by atoms with Crippen LogP contribution in [-0.4, -0.2) is 46.9 Å². The number of hydrogen-bond donors (Lipinski definition) is 0. The van der Waals surface area contributed by atoms with Crippen molar-refractivity contribution in [3.63, 3.8) is 0 Å². The summed E-state index contributed by atoms with van der Waals surface area (Å²) in [4.78, 5) is 21.7. The van der Waals surface area contributed by atoms with E-state index in [9.17, 15) is 4.79 Å². The molecule has 4 nitrogen and oxygen atoms in total. The number of carbonyl (C=O) groups excluding carboxylic acids is 1. The predicted molar refractivity (Wildman–Crippen MR) is 103 cm³/mol. The maximum absolute atomic E-state index is 12.5. The standard InChI is InChI=1S/C20H27N3OS/c1-3-16(4-2)20(24)23-12-10-22(11-13-23)14-18-15-25-19(21-18)17-8-6-5-7-9-17/h5-9,15-16H,3-4,10-14H2,1-2H3. The second-order valence-corrected chi connectivity index (χ2v) is 7.48. The van der Waals surface area contributed by atoms with Gasteiger partial charge in [0.2, 0.25) is 5.91 Å². The first-order valence-corrected chi connectivity index (χ1v) is 10.1. The molecule has 0 aliphatic carbocycles. The third-order valence-corrected chi connectivity index (χ3v) is 5.92. The van der Waals surface area contributed by atoms with Crippen LogP contribution in [0.1, 0.15) is 32.4 Å². The van der Waals surface area contributed by atoms with Crippen LogP contribution < -0.4 is 0 Å². The number of piperazine rings is 1. The van der Waals surface area contributed by atoms with E-state index in [-0.39, 0.29) is 5.92 Å². The van der Waals surface area contributed by atoms with Crippen molar-refractivity contribution < 1.29 is 4.79 Å². The van der Waals surface area contributed by atoms with Gasteiger partial charge in [0, 0.05) is 49.6 Å². The molecule has 3 rings (SSSR count). The van der Waals surface area contributed by atoms with E-state index in [2.05, 4.69) is 36.3 Å². The fourth-order valence-electron chi connectivity index (χ4n) is 3.34. The second kappa shape index (κ2) is 8.59. The van der Waals surface area contributed by atoms with Gasteiger partial charge in [0.15, 0.2) is 0 Å². The highest BCUT2D eigenvalue weighted by Crippen LogP contribution is 2.24. The Hall–Kier alpha value is -1.72. The van der Waals surface area contributed by atoms with Crippen LogP contribution >= 0.6 is 11.3 Å². The molecule has 0 N–H and O–H groups in total. The van der Waals surface area contributed by atoms with Crippen molar-refractivity contribution in [2.24, 2.45) is 5.92 Å². The van der Waals surface area contributed by atoms with Crippen molar-refractivity contribution in [2.45, 2.75) is 33.2 Å². The van der Waals surface area contributed by atoms with E-state index >= 15 is 0 Å². The number of aromatic nitrogens is 1. The van der Waals surface area contributed by atoms with Crippen LogP contribution in [0.2, 0.25) is 0 Å². The number of thiazole rings is 1. The number of rotatable bonds is 6. The van der Waals surface area contributed by atoms with E-state index in [0.717, 1.165) is 56.3 Å².